The Bertz CT molecular complexity index is 732. The van der Waals surface area contributed by atoms with Crippen LogP contribution in [-0.2, 0) is 0 Å². The van der Waals surface area contributed by atoms with Gasteiger partial charge >= 0.3 is 0 Å². The van der Waals surface area contributed by atoms with Crippen molar-refractivity contribution >= 4 is 17.5 Å². The van der Waals surface area contributed by atoms with Crippen molar-refractivity contribution in [1.82, 2.24) is 0 Å². The number of rotatable bonds is 4. The molecule has 0 unspecified atom stereocenters. The molecule has 24 heavy (non-hydrogen) atoms. The molecule has 4 nitrogen and oxygen atoms in total. The predicted octanol–water partition coefficient (Wildman–Crippen LogP) is 4.09. The first kappa shape index (κ1) is 16.2. The van der Waals surface area contributed by atoms with Gasteiger partial charge in [0.15, 0.2) is 0 Å². The normalized spacial score (nSPS) is 15.0. The predicted molar refractivity (Wildman–Crippen MR) is 95.2 cm³/mol. The smallest absolute Gasteiger partial charge is 0.255 e. The highest BCUT2D eigenvalue weighted by Crippen LogP contribution is 2.32. The molecule has 2 amide bonds. The zero-order valence-electron chi connectivity index (χ0n) is 13.6. The molecule has 3 rings (SSSR count). The van der Waals surface area contributed by atoms with Crippen LogP contribution >= 0.6 is 0 Å². The maximum Gasteiger partial charge on any atom is 0.255 e. The molecule has 0 heterocycles. The second-order valence-corrected chi connectivity index (χ2v) is 6.32. The fourth-order valence-corrected chi connectivity index (χ4v) is 3.34. The zero-order valence-corrected chi connectivity index (χ0v) is 13.6. The summed E-state index contributed by atoms with van der Waals surface area (Å²) >= 11 is 0. The monoisotopic (exact) mass is 322 g/mol. The van der Waals surface area contributed by atoms with Gasteiger partial charge in [-0.2, -0.15) is 0 Å². The summed E-state index contributed by atoms with van der Waals surface area (Å²) in [6.07, 6.45) is 6.37. The first-order valence-corrected chi connectivity index (χ1v) is 8.45. The minimum absolute atomic E-state index is 0.237. The second kappa shape index (κ2) is 7.30. The van der Waals surface area contributed by atoms with Gasteiger partial charge in [-0.15, -0.1) is 0 Å². The average molecular weight is 322 g/mol. The van der Waals surface area contributed by atoms with Crippen LogP contribution in [0.2, 0.25) is 0 Å². The van der Waals surface area contributed by atoms with Gasteiger partial charge < -0.3 is 11.1 Å². The number of amides is 2. The van der Waals surface area contributed by atoms with E-state index in [-0.39, 0.29) is 5.91 Å². The van der Waals surface area contributed by atoms with E-state index in [2.05, 4.69) is 5.32 Å². The molecule has 3 N–H and O–H groups in total. The van der Waals surface area contributed by atoms with Crippen LogP contribution in [0, 0.1) is 0 Å². The van der Waals surface area contributed by atoms with E-state index in [1.165, 1.54) is 37.7 Å². The number of nitrogens with two attached hydrogens (primary N) is 1. The molecule has 124 valence electrons. The van der Waals surface area contributed by atoms with Crippen molar-refractivity contribution in [3.63, 3.8) is 0 Å². The lowest BCUT2D eigenvalue weighted by molar-refractivity contribution is 0.100. The summed E-state index contributed by atoms with van der Waals surface area (Å²) in [5, 5.41) is 2.77. The van der Waals surface area contributed by atoms with E-state index in [1.54, 1.807) is 24.3 Å². The minimum Gasteiger partial charge on any atom is -0.366 e. The quantitative estimate of drug-likeness (QED) is 0.890. The van der Waals surface area contributed by atoms with E-state index in [0.717, 1.165) is 0 Å². The SMILES string of the molecule is NC(=O)c1ccccc1NC(=O)c1ccc(C2CCCCC2)cc1. The molecule has 0 aliphatic heterocycles. The fourth-order valence-electron chi connectivity index (χ4n) is 3.34. The molecular weight excluding hydrogens is 300 g/mol. The van der Waals surface area contributed by atoms with Crippen molar-refractivity contribution in [1.29, 1.82) is 0 Å². The number of para-hydroxylation sites is 1. The van der Waals surface area contributed by atoms with Crippen LogP contribution in [0.3, 0.4) is 0 Å². The maximum absolute atomic E-state index is 12.4. The van der Waals surface area contributed by atoms with Gasteiger partial charge in [0.25, 0.3) is 11.8 Å². The van der Waals surface area contributed by atoms with E-state index in [1.807, 2.05) is 24.3 Å². The number of primary amides is 1. The summed E-state index contributed by atoms with van der Waals surface area (Å²) in [6, 6.07) is 14.6. The Hall–Kier alpha value is -2.62. The maximum atomic E-state index is 12.4. The summed E-state index contributed by atoms with van der Waals surface area (Å²) in [7, 11) is 0. The Morgan fingerprint density at radius 2 is 1.58 bits per heavy atom. The Balaban J connectivity index is 1.72. The topological polar surface area (TPSA) is 72.2 Å². The molecule has 1 saturated carbocycles. The largest absolute Gasteiger partial charge is 0.366 e. The summed E-state index contributed by atoms with van der Waals surface area (Å²) in [5.74, 6) is -0.177. The third-order valence-corrected chi connectivity index (χ3v) is 4.69. The van der Waals surface area contributed by atoms with E-state index < -0.39 is 5.91 Å². The van der Waals surface area contributed by atoms with Gasteiger partial charge in [0.1, 0.15) is 0 Å². The van der Waals surface area contributed by atoms with Gasteiger partial charge in [0, 0.05) is 5.56 Å². The highest BCUT2D eigenvalue weighted by molar-refractivity contribution is 6.08. The van der Waals surface area contributed by atoms with Gasteiger partial charge in [-0.05, 0) is 48.6 Å². The summed E-state index contributed by atoms with van der Waals surface area (Å²) in [5.41, 5.74) is 7.97. The Morgan fingerprint density at radius 1 is 0.917 bits per heavy atom. The molecule has 0 spiro atoms. The number of anilines is 1. The highest BCUT2D eigenvalue weighted by atomic mass is 16.2. The molecule has 0 aromatic heterocycles. The standard InChI is InChI=1S/C20H22N2O2/c21-19(23)17-8-4-5-9-18(17)22-20(24)16-12-10-15(11-13-16)14-6-2-1-3-7-14/h4-5,8-14H,1-3,6-7H2,(H2,21,23)(H,22,24). The minimum atomic E-state index is -0.557. The lowest BCUT2D eigenvalue weighted by atomic mass is 9.84. The molecule has 0 saturated heterocycles. The highest BCUT2D eigenvalue weighted by Gasteiger charge is 2.16. The van der Waals surface area contributed by atoms with E-state index in [4.69, 9.17) is 5.73 Å². The van der Waals surface area contributed by atoms with E-state index in [9.17, 15) is 9.59 Å². The molecule has 1 aliphatic rings. The summed E-state index contributed by atoms with van der Waals surface area (Å²) in [4.78, 5) is 23.8. The average Bonchev–Trinajstić information content (AvgIpc) is 2.63. The molecular formula is C20H22N2O2. The molecule has 4 heteroatoms. The molecule has 0 atom stereocenters. The molecule has 2 aromatic rings. The third kappa shape index (κ3) is 3.65. The number of benzene rings is 2. The summed E-state index contributed by atoms with van der Waals surface area (Å²) < 4.78 is 0. The number of carbonyl (C=O) groups excluding carboxylic acids is 2. The van der Waals surface area contributed by atoms with Gasteiger partial charge in [0.2, 0.25) is 0 Å². The number of hydrogen-bond donors (Lipinski definition) is 2. The van der Waals surface area contributed by atoms with Crippen LogP contribution in [0.1, 0.15) is 64.3 Å². The lowest BCUT2D eigenvalue weighted by Crippen LogP contribution is -2.18. The van der Waals surface area contributed by atoms with Gasteiger partial charge in [-0.1, -0.05) is 43.5 Å². The number of carbonyl (C=O) groups is 2. The van der Waals surface area contributed by atoms with Gasteiger partial charge in [-0.3, -0.25) is 9.59 Å². The first-order chi connectivity index (χ1) is 11.6. The number of hydrogen-bond acceptors (Lipinski definition) is 2. The van der Waals surface area contributed by atoms with E-state index >= 15 is 0 Å². The first-order valence-electron chi connectivity index (χ1n) is 8.45. The van der Waals surface area contributed by atoms with Crippen molar-refractivity contribution in [3.05, 3.63) is 65.2 Å². The van der Waals surface area contributed by atoms with Crippen LogP contribution in [0.5, 0.6) is 0 Å². The van der Waals surface area contributed by atoms with Crippen molar-refractivity contribution in [3.8, 4) is 0 Å². The Morgan fingerprint density at radius 3 is 2.25 bits per heavy atom. The van der Waals surface area contributed by atoms with Crippen LogP contribution in [0.15, 0.2) is 48.5 Å². The third-order valence-electron chi connectivity index (χ3n) is 4.69. The van der Waals surface area contributed by atoms with Crippen molar-refractivity contribution in [2.45, 2.75) is 38.0 Å². The molecule has 2 aromatic carbocycles. The zero-order chi connectivity index (χ0) is 16.9. The Kier molecular flexibility index (Phi) is 4.94. The van der Waals surface area contributed by atoms with Crippen molar-refractivity contribution < 1.29 is 9.59 Å². The van der Waals surface area contributed by atoms with Gasteiger partial charge in [0.05, 0.1) is 11.3 Å². The molecule has 1 aliphatic carbocycles. The summed E-state index contributed by atoms with van der Waals surface area (Å²) in [6.45, 7) is 0. The fraction of sp³-hybridized carbons (Fsp3) is 0.300. The van der Waals surface area contributed by atoms with Crippen LogP contribution < -0.4 is 11.1 Å². The van der Waals surface area contributed by atoms with Crippen molar-refractivity contribution in [2.75, 3.05) is 5.32 Å². The van der Waals surface area contributed by atoms with Crippen molar-refractivity contribution in [2.24, 2.45) is 5.73 Å². The number of nitrogens with one attached hydrogen (secondary N) is 1. The Labute approximate surface area is 142 Å². The van der Waals surface area contributed by atoms with E-state index in [0.29, 0.717) is 22.7 Å². The van der Waals surface area contributed by atoms with Crippen LogP contribution in [-0.4, -0.2) is 11.8 Å². The second-order valence-electron chi connectivity index (χ2n) is 6.32. The van der Waals surface area contributed by atoms with Crippen LogP contribution in [0.25, 0.3) is 0 Å². The van der Waals surface area contributed by atoms with Gasteiger partial charge in [-0.25, -0.2) is 0 Å². The molecule has 0 bridgehead atoms. The van der Waals surface area contributed by atoms with Crippen LogP contribution in [0.4, 0.5) is 5.69 Å². The molecule has 1 fully saturated rings. The lowest BCUT2D eigenvalue weighted by Gasteiger charge is -2.22. The molecule has 0 radical (unpaired) electrons.